The quantitative estimate of drug-likeness (QED) is 0.388. The summed E-state index contributed by atoms with van der Waals surface area (Å²) in [7, 11) is -1.19. The summed E-state index contributed by atoms with van der Waals surface area (Å²) < 4.78 is 72.2. The minimum atomic E-state index is -4.74. The molecule has 1 amide bonds. The van der Waals surface area contributed by atoms with E-state index in [1.54, 1.807) is 0 Å². The van der Waals surface area contributed by atoms with Gasteiger partial charge in [0.2, 0.25) is 10.0 Å². The smallest absolute Gasteiger partial charge is 0.418 e. The summed E-state index contributed by atoms with van der Waals surface area (Å²) in [6.45, 7) is -0.177. The average Bonchev–Trinajstić information content (AvgIpc) is 2.79. The van der Waals surface area contributed by atoms with Gasteiger partial charge in [0.25, 0.3) is 5.91 Å². The molecule has 0 aromatic heterocycles. The van der Waals surface area contributed by atoms with E-state index in [1.165, 1.54) is 62.7 Å². The Labute approximate surface area is 210 Å². The van der Waals surface area contributed by atoms with Crippen molar-refractivity contribution in [2.24, 2.45) is 0 Å². The Morgan fingerprint density at radius 3 is 2.23 bits per heavy atom. The number of benzene rings is 3. The lowest BCUT2D eigenvalue weighted by Gasteiger charge is -2.19. The lowest BCUT2D eigenvalue weighted by atomic mass is 10.1. The summed E-state index contributed by atoms with van der Waals surface area (Å²) in [5.74, 6) is -0.535. The van der Waals surface area contributed by atoms with E-state index in [0.29, 0.717) is 22.4 Å². The molecule has 35 heavy (non-hydrogen) atoms. The molecule has 0 heterocycles. The number of alkyl halides is 3. The highest BCUT2D eigenvalue weighted by Gasteiger charge is 2.34. The number of ether oxygens (including phenoxy) is 1. The fraction of sp³-hybridized carbons (Fsp3) is 0.174. The molecule has 0 saturated heterocycles. The van der Waals surface area contributed by atoms with Gasteiger partial charge in [-0.2, -0.15) is 17.5 Å². The number of amides is 1. The topological polar surface area (TPSA) is 75.7 Å². The summed E-state index contributed by atoms with van der Waals surface area (Å²) in [5, 5.41) is 2.48. The third kappa shape index (κ3) is 6.26. The van der Waals surface area contributed by atoms with E-state index < -0.39 is 33.4 Å². The van der Waals surface area contributed by atoms with Crippen molar-refractivity contribution in [3.8, 4) is 5.75 Å². The van der Waals surface area contributed by atoms with Crippen LogP contribution in [0.2, 0.25) is 10.0 Å². The summed E-state index contributed by atoms with van der Waals surface area (Å²) in [6, 6.07) is 12.7. The summed E-state index contributed by atoms with van der Waals surface area (Å²) >= 11 is 11.5. The molecule has 0 aliphatic carbocycles. The van der Waals surface area contributed by atoms with Gasteiger partial charge in [0.05, 0.1) is 23.3 Å². The number of nitrogens with zero attached hydrogens (tertiary/aromatic N) is 1. The molecule has 186 valence electrons. The van der Waals surface area contributed by atoms with Crippen LogP contribution < -0.4 is 10.1 Å². The number of sulfonamides is 1. The zero-order valence-electron chi connectivity index (χ0n) is 18.4. The van der Waals surface area contributed by atoms with Gasteiger partial charge in [-0.05, 0) is 60.7 Å². The van der Waals surface area contributed by atoms with E-state index in [9.17, 15) is 26.4 Å². The van der Waals surface area contributed by atoms with Crippen molar-refractivity contribution in [2.45, 2.75) is 17.6 Å². The Morgan fingerprint density at radius 1 is 1.00 bits per heavy atom. The Hall–Kier alpha value is -2.79. The lowest BCUT2D eigenvalue weighted by Crippen LogP contribution is -2.27. The molecule has 0 spiro atoms. The number of rotatable bonds is 7. The van der Waals surface area contributed by atoms with Gasteiger partial charge in [-0.15, -0.1) is 0 Å². The molecule has 0 fully saturated rings. The molecule has 1 N–H and O–H groups in total. The maximum Gasteiger partial charge on any atom is 0.418 e. The van der Waals surface area contributed by atoms with Gasteiger partial charge in [0.15, 0.2) is 0 Å². The van der Waals surface area contributed by atoms with Crippen LogP contribution in [0.5, 0.6) is 5.75 Å². The number of hydrogen-bond acceptors (Lipinski definition) is 4. The molecule has 0 aliphatic heterocycles. The second kappa shape index (κ2) is 10.4. The van der Waals surface area contributed by atoms with Gasteiger partial charge >= 0.3 is 6.18 Å². The van der Waals surface area contributed by atoms with E-state index in [0.717, 1.165) is 10.4 Å². The van der Waals surface area contributed by atoms with Crippen molar-refractivity contribution < 1.29 is 31.1 Å². The van der Waals surface area contributed by atoms with Crippen LogP contribution in [0.3, 0.4) is 0 Å². The van der Waals surface area contributed by atoms with E-state index >= 15 is 0 Å². The molecule has 12 heteroatoms. The number of halogens is 5. The van der Waals surface area contributed by atoms with Crippen LogP contribution in [0.25, 0.3) is 0 Å². The van der Waals surface area contributed by atoms with Crippen LogP contribution in [0, 0.1) is 0 Å². The van der Waals surface area contributed by atoms with Crippen molar-refractivity contribution in [3.05, 3.63) is 87.4 Å². The summed E-state index contributed by atoms with van der Waals surface area (Å²) in [5.41, 5.74) is -1.24. The zero-order valence-corrected chi connectivity index (χ0v) is 20.7. The number of anilines is 1. The number of methoxy groups -OCH3 is 1. The highest BCUT2D eigenvalue weighted by Crippen LogP contribution is 2.37. The van der Waals surface area contributed by atoms with Crippen LogP contribution in [-0.2, 0) is 22.7 Å². The Morgan fingerprint density at radius 2 is 1.63 bits per heavy atom. The first-order valence-electron chi connectivity index (χ1n) is 9.90. The number of hydrogen-bond donors (Lipinski definition) is 1. The normalized spacial score (nSPS) is 12.0. The minimum Gasteiger partial charge on any atom is -0.496 e. The molecule has 0 radical (unpaired) electrons. The predicted octanol–water partition coefficient (Wildman–Crippen LogP) is 6.09. The number of carbonyl (C=O) groups excluding carboxylic acids is 1. The Kier molecular flexibility index (Phi) is 8.00. The molecule has 0 saturated carbocycles. The summed E-state index contributed by atoms with van der Waals surface area (Å²) in [4.78, 5) is 12.8. The van der Waals surface area contributed by atoms with Crippen LogP contribution in [0.15, 0.2) is 65.6 Å². The molecular weight excluding hydrogens is 528 g/mol. The van der Waals surface area contributed by atoms with E-state index in [4.69, 9.17) is 27.9 Å². The van der Waals surface area contributed by atoms with Gasteiger partial charge < -0.3 is 10.1 Å². The fourth-order valence-electron chi connectivity index (χ4n) is 3.21. The number of nitrogens with one attached hydrogen (secondary N) is 1. The molecule has 6 nitrogen and oxygen atoms in total. The van der Waals surface area contributed by atoms with Gasteiger partial charge in [-0.1, -0.05) is 23.2 Å². The highest BCUT2D eigenvalue weighted by molar-refractivity contribution is 7.89. The van der Waals surface area contributed by atoms with Crippen LogP contribution in [-0.4, -0.2) is 32.8 Å². The first-order chi connectivity index (χ1) is 16.3. The van der Waals surface area contributed by atoms with E-state index in [1.807, 2.05) is 0 Å². The Bertz CT molecular complexity index is 1350. The summed E-state index contributed by atoms with van der Waals surface area (Å²) in [6.07, 6.45) is -4.74. The molecule has 3 aromatic rings. The third-order valence-electron chi connectivity index (χ3n) is 4.99. The standard InChI is InChI=1S/C23H19Cl2F3N2O4S/c1-30(35(32,33)18-7-4-16(24)5-8-18)13-15-11-14(3-10-21(15)34-2)22(31)29-20-9-6-17(25)12-19(20)23(26,27)28/h3-12H,13H2,1-2H3,(H,29,31). The first-order valence-corrected chi connectivity index (χ1v) is 12.1. The van der Waals surface area contributed by atoms with Crippen molar-refractivity contribution in [3.63, 3.8) is 0 Å². The minimum absolute atomic E-state index is 0.00108. The lowest BCUT2D eigenvalue weighted by molar-refractivity contribution is -0.136. The fourth-order valence-corrected chi connectivity index (χ4v) is 4.66. The van der Waals surface area contributed by atoms with Gasteiger partial charge in [-0.25, -0.2) is 8.42 Å². The van der Waals surface area contributed by atoms with Crippen molar-refractivity contribution in [1.82, 2.24) is 4.31 Å². The SMILES string of the molecule is COc1ccc(C(=O)Nc2ccc(Cl)cc2C(F)(F)F)cc1CN(C)S(=O)(=O)c1ccc(Cl)cc1. The van der Waals surface area contributed by atoms with Gasteiger partial charge in [-0.3, -0.25) is 4.79 Å². The van der Waals surface area contributed by atoms with Crippen LogP contribution in [0.4, 0.5) is 18.9 Å². The monoisotopic (exact) mass is 546 g/mol. The zero-order chi connectivity index (χ0) is 26.0. The van der Waals surface area contributed by atoms with Crippen molar-refractivity contribution >= 4 is 44.8 Å². The van der Waals surface area contributed by atoms with Crippen molar-refractivity contribution in [1.29, 1.82) is 0 Å². The second-order valence-corrected chi connectivity index (χ2v) is 10.3. The third-order valence-corrected chi connectivity index (χ3v) is 7.30. The van der Waals surface area contributed by atoms with Gasteiger partial charge in [0, 0.05) is 34.8 Å². The molecule has 0 bridgehead atoms. The molecule has 3 aromatic carbocycles. The highest BCUT2D eigenvalue weighted by atomic mass is 35.5. The Balaban J connectivity index is 1.89. The van der Waals surface area contributed by atoms with Crippen LogP contribution in [0.1, 0.15) is 21.5 Å². The van der Waals surface area contributed by atoms with E-state index in [2.05, 4.69) is 5.32 Å². The molecular formula is C23H19Cl2F3N2O4S. The molecule has 0 aliphatic rings. The molecule has 0 unspecified atom stereocenters. The largest absolute Gasteiger partial charge is 0.496 e. The number of carbonyl (C=O) groups is 1. The van der Waals surface area contributed by atoms with Crippen LogP contribution >= 0.6 is 23.2 Å². The second-order valence-electron chi connectivity index (χ2n) is 7.38. The maximum absolute atomic E-state index is 13.4. The average molecular weight is 547 g/mol. The van der Waals surface area contributed by atoms with Crippen molar-refractivity contribution in [2.75, 3.05) is 19.5 Å². The predicted molar refractivity (Wildman–Crippen MR) is 128 cm³/mol. The molecule has 0 atom stereocenters. The first kappa shape index (κ1) is 26.8. The van der Waals surface area contributed by atoms with Gasteiger partial charge in [0.1, 0.15) is 5.75 Å². The maximum atomic E-state index is 13.4. The molecule has 3 rings (SSSR count). The van der Waals surface area contributed by atoms with E-state index in [-0.39, 0.29) is 22.0 Å².